The van der Waals surface area contributed by atoms with Gasteiger partial charge >= 0.3 is 5.97 Å². The maximum atomic E-state index is 11.6. The Morgan fingerprint density at radius 3 is 2.00 bits per heavy atom. The number of esters is 1. The Balaban J connectivity index is 3.29. The number of guanidine groups is 1. The van der Waals surface area contributed by atoms with E-state index in [2.05, 4.69) is 19.1 Å². The summed E-state index contributed by atoms with van der Waals surface area (Å²) in [7, 11) is 1.71. The van der Waals surface area contributed by atoms with E-state index in [4.69, 9.17) is 15.9 Å². The number of carbonyl (C=O) groups is 1. The van der Waals surface area contributed by atoms with Gasteiger partial charge in [-0.2, -0.15) is 0 Å². The molecule has 0 aromatic rings. The highest BCUT2D eigenvalue weighted by atomic mass is 16.5. The number of allylic oxidation sites excluding steroid dienone is 2. The second-order valence-electron chi connectivity index (χ2n) is 7.36. The molecule has 5 nitrogen and oxygen atoms in total. The van der Waals surface area contributed by atoms with Gasteiger partial charge in [0.05, 0.1) is 6.54 Å². The highest BCUT2D eigenvalue weighted by molar-refractivity contribution is 5.74. The Morgan fingerprint density at radius 1 is 0.926 bits per heavy atom. The van der Waals surface area contributed by atoms with Crippen molar-refractivity contribution in [2.75, 3.05) is 20.2 Å². The van der Waals surface area contributed by atoms with Crippen LogP contribution in [0.2, 0.25) is 0 Å². The van der Waals surface area contributed by atoms with Crippen LogP contribution in [0.15, 0.2) is 12.2 Å². The van der Waals surface area contributed by atoms with Gasteiger partial charge in [0.15, 0.2) is 5.96 Å². The summed E-state index contributed by atoms with van der Waals surface area (Å²) in [4.78, 5) is 13.1. The number of hydrogen-bond acceptors (Lipinski definition) is 3. The van der Waals surface area contributed by atoms with E-state index in [-0.39, 0.29) is 11.9 Å². The number of ether oxygens (including phenoxy) is 1. The first-order valence-electron chi connectivity index (χ1n) is 10.9. The monoisotopic (exact) mass is 381 g/mol. The second-order valence-corrected chi connectivity index (χ2v) is 7.36. The lowest BCUT2D eigenvalue weighted by Gasteiger charge is -2.16. The van der Waals surface area contributed by atoms with Crippen LogP contribution in [0, 0.1) is 5.41 Å². The van der Waals surface area contributed by atoms with E-state index in [1.54, 1.807) is 11.9 Å². The summed E-state index contributed by atoms with van der Waals surface area (Å²) in [6, 6.07) is 0. The van der Waals surface area contributed by atoms with Crippen molar-refractivity contribution in [1.29, 1.82) is 5.41 Å². The summed E-state index contributed by atoms with van der Waals surface area (Å²) in [6.45, 7) is 3.02. The van der Waals surface area contributed by atoms with Crippen LogP contribution >= 0.6 is 0 Å². The third-order valence-corrected chi connectivity index (χ3v) is 4.74. The number of nitrogens with zero attached hydrogens (tertiary/aromatic N) is 1. The molecule has 5 heteroatoms. The van der Waals surface area contributed by atoms with Crippen molar-refractivity contribution in [2.45, 2.75) is 96.8 Å². The van der Waals surface area contributed by atoms with Crippen LogP contribution in [0.5, 0.6) is 0 Å². The number of carbonyl (C=O) groups excluding carboxylic acids is 1. The fourth-order valence-corrected chi connectivity index (χ4v) is 2.83. The molecule has 0 aliphatic rings. The zero-order chi connectivity index (χ0) is 20.2. The topological polar surface area (TPSA) is 79.4 Å². The Kier molecular flexibility index (Phi) is 18.2. The van der Waals surface area contributed by atoms with E-state index in [0.29, 0.717) is 19.6 Å². The van der Waals surface area contributed by atoms with Gasteiger partial charge in [0.1, 0.15) is 6.61 Å². The van der Waals surface area contributed by atoms with Crippen molar-refractivity contribution in [3.63, 3.8) is 0 Å². The molecule has 0 saturated heterocycles. The first kappa shape index (κ1) is 25.5. The average molecular weight is 382 g/mol. The molecule has 0 aliphatic heterocycles. The Hall–Kier alpha value is -1.52. The van der Waals surface area contributed by atoms with Crippen LogP contribution in [0.25, 0.3) is 0 Å². The Morgan fingerprint density at radius 2 is 1.44 bits per heavy atom. The van der Waals surface area contributed by atoms with Crippen LogP contribution in [0.4, 0.5) is 0 Å². The van der Waals surface area contributed by atoms with Gasteiger partial charge in [-0.1, -0.05) is 70.4 Å². The molecule has 0 fully saturated rings. The fraction of sp³-hybridized carbons (Fsp3) is 0.818. The molecule has 0 bridgehead atoms. The van der Waals surface area contributed by atoms with Gasteiger partial charge in [0.25, 0.3) is 0 Å². The van der Waals surface area contributed by atoms with Crippen molar-refractivity contribution in [2.24, 2.45) is 5.73 Å². The van der Waals surface area contributed by atoms with Crippen LogP contribution in [-0.2, 0) is 9.53 Å². The van der Waals surface area contributed by atoms with Crippen LogP contribution in [-0.4, -0.2) is 37.0 Å². The molecule has 0 spiro atoms. The van der Waals surface area contributed by atoms with E-state index < -0.39 is 0 Å². The van der Waals surface area contributed by atoms with Crippen molar-refractivity contribution >= 4 is 11.9 Å². The molecule has 0 radical (unpaired) electrons. The van der Waals surface area contributed by atoms with Crippen LogP contribution < -0.4 is 5.73 Å². The third kappa shape index (κ3) is 19.1. The summed E-state index contributed by atoms with van der Waals surface area (Å²) in [5.41, 5.74) is 5.32. The molecule has 0 amide bonds. The van der Waals surface area contributed by atoms with Gasteiger partial charge in [-0.3, -0.25) is 10.2 Å². The lowest BCUT2D eigenvalue weighted by Crippen LogP contribution is -2.35. The third-order valence-electron chi connectivity index (χ3n) is 4.74. The van der Waals surface area contributed by atoms with Crippen LogP contribution in [0.1, 0.15) is 96.8 Å². The largest absolute Gasteiger partial charge is 0.464 e. The Bertz CT molecular complexity index is 397. The van der Waals surface area contributed by atoms with E-state index in [0.717, 1.165) is 12.8 Å². The quantitative estimate of drug-likeness (QED) is 0.110. The molecule has 0 aromatic heterocycles. The zero-order valence-electron chi connectivity index (χ0n) is 17.8. The predicted octanol–water partition coefficient (Wildman–Crippen LogP) is 5.39. The molecule has 27 heavy (non-hydrogen) atoms. The van der Waals surface area contributed by atoms with E-state index in [1.807, 2.05) is 0 Å². The summed E-state index contributed by atoms with van der Waals surface area (Å²) < 4.78 is 5.14. The molecule has 0 heterocycles. The zero-order valence-corrected chi connectivity index (χ0v) is 17.8. The highest BCUT2D eigenvalue weighted by Gasteiger charge is 2.04. The summed E-state index contributed by atoms with van der Waals surface area (Å²) >= 11 is 0. The number of likely N-dealkylation sites (N-methyl/N-ethyl adjacent to an activating group) is 1. The van der Waals surface area contributed by atoms with Crippen molar-refractivity contribution in [3.05, 3.63) is 12.2 Å². The fourth-order valence-electron chi connectivity index (χ4n) is 2.83. The number of nitrogens with one attached hydrogen (secondary N) is 1. The van der Waals surface area contributed by atoms with Crippen molar-refractivity contribution < 1.29 is 9.53 Å². The normalized spacial score (nSPS) is 11.0. The maximum Gasteiger partial charge on any atom is 0.305 e. The lowest BCUT2D eigenvalue weighted by molar-refractivity contribution is -0.143. The molecule has 3 N–H and O–H groups in total. The first-order valence-corrected chi connectivity index (χ1v) is 10.9. The molecule has 0 unspecified atom stereocenters. The van der Waals surface area contributed by atoms with Gasteiger partial charge < -0.3 is 15.4 Å². The minimum atomic E-state index is -0.149. The van der Waals surface area contributed by atoms with Gasteiger partial charge in [-0.05, 0) is 32.1 Å². The summed E-state index contributed by atoms with van der Waals surface area (Å²) in [5, 5.41) is 7.22. The number of hydrogen-bond donors (Lipinski definition) is 2. The van der Waals surface area contributed by atoms with Gasteiger partial charge in [0.2, 0.25) is 0 Å². The predicted molar refractivity (Wildman–Crippen MR) is 115 cm³/mol. The van der Waals surface area contributed by atoms with Gasteiger partial charge in [-0.25, -0.2) is 0 Å². The smallest absolute Gasteiger partial charge is 0.305 e. The Labute approximate surface area is 167 Å². The lowest BCUT2D eigenvalue weighted by atomic mass is 10.1. The molecule has 0 saturated carbocycles. The number of nitrogens with two attached hydrogens (primary N) is 1. The molecule has 158 valence electrons. The minimum Gasteiger partial charge on any atom is -0.464 e. The van der Waals surface area contributed by atoms with Crippen molar-refractivity contribution in [1.82, 2.24) is 4.90 Å². The maximum absolute atomic E-state index is 11.6. The summed E-state index contributed by atoms with van der Waals surface area (Å²) in [6.07, 6.45) is 21.4. The van der Waals surface area contributed by atoms with Gasteiger partial charge in [-0.15, -0.1) is 0 Å². The van der Waals surface area contributed by atoms with E-state index in [9.17, 15) is 4.79 Å². The second kappa shape index (κ2) is 19.2. The van der Waals surface area contributed by atoms with E-state index >= 15 is 0 Å². The van der Waals surface area contributed by atoms with E-state index in [1.165, 1.54) is 70.6 Å². The van der Waals surface area contributed by atoms with Crippen molar-refractivity contribution in [3.8, 4) is 0 Å². The summed E-state index contributed by atoms with van der Waals surface area (Å²) in [5.74, 6) is -0.159. The molecular weight excluding hydrogens is 338 g/mol. The molecular formula is C22H43N3O2. The molecule has 0 aromatic carbocycles. The SMILES string of the molecule is CCCCCCCCC=CCCCCCCCC(=O)OCCN(C)C(=N)N. The average Bonchev–Trinajstić information content (AvgIpc) is 2.64. The number of unbranched alkanes of at least 4 members (excludes halogenated alkanes) is 11. The molecule has 0 rings (SSSR count). The van der Waals surface area contributed by atoms with Gasteiger partial charge in [0, 0.05) is 13.5 Å². The highest BCUT2D eigenvalue weighted by Crippen LogP contribution is 2.10. The van der Waals surface area contributed by atoms with Crippen LogP contribution in [0.3, 0.4) is 0 Å². The number of rotatable bonds is 18. The minimum absolute atomic E-state index is 0.0108. The molecule has 0 atom stereocenters. The standard InChI is InChI=1S/C22H43N3O2/c1-3-4-5-6-7-8-9-10-11-12-13-14-15-16-17-18-21(26)27-20-19-25(2)22(23)24/h10-11H,3-9,12-20H2,1-2H3,(H3,23,24). The first-order chi connectivity index (χ1) is 13.1. The molecule has 0 aliphatic carbocycles.